The summed E-state index contributed by atoms with van der Waals surface area (Å²) in [6, 6.07) is 3.17. The van der Waals surface area contributed by atoms with Crippen molar-refractivity contribution < 1.29 is 9.90 Å². The lowest BCUT2D eigenvalue weighted by atomic mass is 9.95. The normalized spacial score (nSPS) is 15.0. The molecule has 13 heavy (non-hydrogen) atoms. The number of carboxylic acids is 1. The van der Waals surface area contributed by atoms with E-state index in [2.05, 4.69) is 20.9 Å². The van der Waals surface area contributed by atoms with Gasteiger partial charge in [0.1, 0.15) is 10.1 Å². The fourth-order valence-corrected chi connectivity index (χ4v) is 1.21. The molecular weight excluding hydrogens is 236 g/mol. The van der Waals surface area contributed by atoms with E-state index in [9.17, 15) is 4.79 Å². The molecule has 0 saturated heterocycles. The molecule has 4 nitrogen and oxygen atoms in total. The summed E-state index contributed by atoms with van der Waals surface area (Å²) in [7, 11) is 0. The topological polar surface area (TPSA) is 76.2 Å². The molecule has 0 radical (unpaired) electrons. The van der Waals surface area contributed by atoms with Crippen LogP contribution in [0.15, 0.2) is 22.9 Å². The number of nitrogens with zero attached hydrogens (tertiary/aromatic N) is 1. The van der Waals surface area contributed by atoms with E-state index in [-0.39, 0.29) is 0 Å². The molecule has 3 N–H and O–H groups in total. The van der Waals surface area contributed by atoms with Gasteiger partial charge in [0.15, 0.2) is 0 Å². The van der Waals surface area contributed by atoms with E-state index >= 15 is 0 Å². The first-order valence-corrected chi connectivity index (χ1v) is 4.38. The van der Waals surface area contributed by atoms with Crippen LogP contribution < -0.4 is 5.73 Å². The highest BCUT2D eigenvalue weighted by Gasteiger charge is 2.30. The molecular formula is C8H9BrN2O2. The molecule has 1 aromatic heterocycles. The lowest BCUT2D eigenvalue weighted by Crippen LogP contribution is -2.41. The summed E-state index contributed by atoms with van der Waals surface area (Å²) < 4.78 is 0.572. The summed E-state index contributed by atoms with van der Waals surface area (Å²) in [5.74, 6) is -1.06. The average Bonchev–Trinajstić information content (AvgIpc) is 2.04. The van der Waals surface area contributed by atoms with Gasteiger partial charge in [0.25, 0.3) is 0 Å². The van der Waals surface area contributed by atoms with E-state index in [4.69, 9.17) is 10.8 Å². The Morgan fingerprint density at radius 3 is 2.85 bits per heavy atom. The van der Waals surface area contributed by atoms with Gasteiger partial charge < -0.3 is 10.8 Å². The highest BCUT2D eigenvalue weighted by Crippen LogP contribution is 2.19. The largest absolute Gasteiger partial charge is 0.480 e. The van der Waals surface area contributed by atoms with E-state index < -0.39 is 11.5 Å². The van der Waals surface area contributed by atoms with Crippen LogP contribution in [-0.2, 0) is 10.3 Å². The van der Waals surface area contributed by atoms with Crippen LogP contribution >= 0.6 is 15.9 Å². The Morgan fingerprint density at radius 1 is 1.77 bits per heavy atom. The minimum atomic E-state index is -1.37. The number of hydrogen-bond acceptors (Lipinski definition) is 3. The Morgan fingerprint density at radius 2 is 2.38 bits per heavy atom. The number of aromatic nitrogens is 1. The van der Waals surface area contributed by atoms with Gasteiger partial charge in [0.05, 0.1) is 0 Å². The summed E-state index contributed by atoms with van der Waals surface area (Å²) in [4.78, 5) is 14.7. The minimum Gasteiger partial charge on any atom is -0.480 e. The van der Waals surface area contributed by atoms with Crippen LogP contribution in [0.25, 0.3) is 0 Å². The van der Waals surface area contributed by atoms with E-state index in [1.807, 2.05) is 0 Å². The second kappa shape index (κ2) is 3.43. The second-order valence-electron chi connectivity index (χ2n) is 2.87. The van der Waals surface area contributed by atoms with Crippen molar-refractivity contribution >= 4 is 21.9 Å². The SMILES string of the molecule is CC(N)(C(=O)O)c1ccnc(Br)c1. The van der Waals surface area contributed by atoms with Gasteiger partial charge in [0.2, 0.25) is 0 Å². The van der Waals surface area contributed by atoms with Gasteiger partial charge in [-0.2, -0.15) is 0 Å². The second-order valence-corrected chi connectivity index (χ2v) is 3.69. The van der Waals surface area contributed by atoms with Gasteiger partial charge in [-0.3, -0.25) is 0 Å². The van der Waals surface area contributed by atoms with Crippen LogP contribution in [0.4, 0.5) is 0 Å². The van der Waals surface area contributed by atoms with Gasteiger partial charge in [-0.05, 0) is 40.5 Å². The summed E-state index contributed by atoms with van der Waals surface area (Å²) in [6.07, 6.45) is 1.51. The van der Waals surface area contributed by atoms with Crippen molar-refractivity contribution in [2.75, 3.05) is 0 Å². The van der Waals surface area contributed by atoms with Crippen molar-refractivity contribution in [2.45, 2.75) is 12.5 Å². The van der Waals surface area contributed by atoms with E-state index in [1.165, 1.54) is 13.1 Å². The molecule has 0 bridgehead atoms. The zero-order valence-electron chi connectivity index (χ0n) is 6.99. The van der Waals surface area contributed by atoms with Crippen LogP contribution in [0.5, 0.6) is 0 Å². The van der Waals surface area contributed by atoms with Crippen LogP contribution in [0.3, 0.4) is 0 Å². The standard InChI is InChI=1S/C8H9BrN2O2/c1-8(10,7(12)13)5-2-3-11-6(9)4-5/h2-4H,10H2,1H3,(H,12,13). The smallest absolute Gasteiger partial charge is 0.328 e. The molecule has 0 aliphatic heterocycles. The first-order chi connectivity index (χ1) is 5.94. The van der Waals surface area contributed by atoms with Crippen LogP contribution in [0, 0.1) is 0 Å². The van der Waals surface area contributed by atoms with Crippen molar-refractivity contribution in [1.82, 2.24) is 4.98 Å². The van der Waals surface area contributed by atoms with E-state index in [0.717, 1.165) is 0 Å². The number of hydrogen-bond donors (Lipinski definition) is 2. The van der Waals surface area contributed by atoms with Crippen molar-refractivity contribution in [3.8, 4) is 0 Å². The predicted molar refractivity (Wildman–Crippen MR) is 51.1 cm³/mol. The number of nitrogens with two attached hydrogens (primary N) is 1. The molecule has 0 amide bonds. The van der Waals surface area contributed by atoms with Gasteiger partial charge >= 0.3 is 5.97 Å². The maximum absolute atomic E-state index is 10.8. The number of halogens is 1. The summed E-state index contributed by atoms with van der Waals surface area (Å²) >= 11 is 3.14. The number of pyridine rings is 1. The molecule has 70 valence electrons. The molecule has 0 aliphatic rings. The molecule has 1 heterocycles. The molecule has 5 heteroatoms. The van der Waals surface area contributed by atoms with Crippen molar-refractivity contribution in [2.24, 2.45) is 5.73 Å². The zero-order valence-corrected chi connectivity index (χ0v) is 8.58. The summed E-state index contributed by atoms with van der Waals surface area (Å²) in [5.41, 5.74) is 4.75. The van der Waals surface area contributed by atoms with Gasteiger partial charge in [-0.25, -0.2) is 9.78 Å². The van der Waals surface area contributed by atoms with Crippen molar-refractivity contribution in [3.63, 3.8) is 0 Å². The molecule has 1 atom stereocenters. The number of aliphatic carboxylic acids is 1. The molecule has 1 unspecified atom stereocenters. The molecule has 0 saturated carbocycles. The molecule has 0 fully saturated rings. The fraction of sp³-hybridized carbons (Fsp3) is 0.250. The lowest BCUT2D eigenvalue weighted by molar-refractivity contribution is -0.143. The maximum atomic E-state index is 10.8. The first kappa shape index (κ1) is 10.1. The Hall–Kier alpha value is -0.940. The first-order valence-electron chi connectivity index (χ1n) is 3.59. The van der Waals surface area contributed by atoms with Crippen LogP contribution in [-0.4, -0.2) is 16.1 Å². The third-order valence-electron chi connectivity index (χ3n) is 1.77. The highest BCUT2D eigenvalue weighted by atomic mass is 79.9. The third kappa shape index (κ3) is 2.05. The van der Waals surface area contributed by atoms with E-state index in [0.29, 0.717) is 10.2 Å². The van der Waals surface area contributed by atoms with Crippen molar-refractivity contribution in [3.05, 3.63) is 28.5 Å². The minimum absolute atomic E-state index is 0.516. The zero-order chi connectivity index (χ0) is 10.1. The number of carboxylic acid groups (broad SMARTS) is 1. The third-order valence-corrected chi connectivity index (χ3v) is 2.20. The lowest BCUT2D eigenvalue weighted by Gasteiger charge is -2.19. The van der Waals surface area contributed by atoms with Crippen LogP contribution in [0.1, 0.15) is 12.5 Å². The molecule has 0 aliphatic carbocycles. The molecule has 1 aromatic rings. The predicted octanol–water partition coefficient (Wildman–Crippen LogP) is 1.10. The number of carbonyl (C=O) groups is 1. The Bertz CT molecular complexity index is 339. The molecule has 0 aromatic carbocycles. The summed E-state index contributed by atoms with van der Waals surface area (Å²) in [6.45, 7) is 1.44. The molecule has 1 rings (SSSR count). The van der Waals surface area contributed by atoms with Crippen LogP contribution in [0.2, 0.25) is 0 Å². The summed E-state index contributed by atoms with van der Waals surface area (Å²) in [5, 5.41) is 8.82. The van der Waals surface area contributed by atoms with E-state index in [1.54, 1.807) is 12.1 Å². The molecule has 0 spiro atoms. The Labute approximate surface area is 83.9 Å². The monoisotopic (exact) mass is 244 g/mol. The Balaban J connectivity index is 3.14. The van der Waals surface area contributed by atoms with Gasteiger partial charge in [-0.15, -0.1) is 0 Å². The average molecular weight is 245 g/mol. The van der Waals surface area contributed by atoms with Crippen molar-refractivity contribution in [1.29, 1.82) is 0 Å². The van der Waals surface area contributed by atoms with Gasteiger partial charge in [-0.1, -0.05) is 0 Å². The number of rotatable bonds is 2. The maximum Gasteiger partial charge on any atom is 0.328 e. The fourth-order valence-electron chi connectivity index (χ4n) is 0.849. The Kier molecular flexibility index (Phi) is 2.68. The van der Waals surface area contributed by atoms with Gasteiger partial charge in [0, 0.05) is 6.20 Å². The quantitative estimate of drug-likeness (QED) is 0.765. The highest BCUT2D eigenvalue weighted by molar-refractivity contribution is 9.10.